The van der Waals surface area contributed by atoms with E-state index in [0.717, 1.165) is 50.5 Å². The van der Waals surface area contributed by atoms with Crippen molar-refractivity contribution in [3.8, 4) is 5.75 Å². The molecule has 2 rings (SSSR count). The van der Waals surface area contributed by atoms with Crippen LogP contribution in [0.2, 0.25) is 0 Å². The normalized spacial score (nSPS) is 17.8. The molecule has 31 heavy (non-hydrogen) atoms. The first-order valence-corrected chi connectivity index (χ1v) is 11.8. The number of aliphatic imine (C=N–C) groups is 1. The van der Waals surface area contributed by atoms with Gasteiger partial charge in [-0.25, -0.2) is 4.39 Å². The van der Waals surface area contributed by atoms with Crippen LogP contribution in [0, 0.1) is 5.92 Å². The van der Waals surface area contributed by atoms with Crippen LogP contribution < -0.4 is 4.74 Å². The smallest absolute Gasteiger partial charge is 0.118 e. The molecular formula is C26H42FN3O. The van der Waals surface area contributed by atoms with E-state index < -0.39 is 0 Å². The molecular weight excluding hydrogens is 389 g/mol. The standard InChI is InChI=1S/C26H42FN3O/c1-7-24(27)12-15-28-26(29(5)21(4)18-20(2)3)19-30-16-13-23(14-17-30)22-8-10-25(31-6)11-9-22/h8-12,20-21,23H,7,13-19H2,1-6H3/b24-12+,28-26?. The zero-order valence-corrected chi connectivity index (χ0v) is 20.4. The number of likely N-dealkylation sites (tertiary alicyclic amines) is 1. The molecule has 1 heterocycles. The third kappa shape index (κ3) is 8.29. The first-order chi connectivity index (χ1) is 14.8. The molecule has 1 atom stereocenters. The molecule has 0 aliphatic carbocycles. The Balaban J connectivity index is 2.00. The van der Waals surface area contributed by atoms with Crippen molar-refractivity contribution in [1.29, 1.82) is 0 Å². The second kappa shape index (κ2) is 12.8. The minimum atomic E-state index is -0.0821. The fraction of sp³-hybridized carbons (Fsp3) is 0.654. The number of halogens is 1. The number of rotatable bonds is 10. The van der Waals surface area contributed by atoms with Crippen molar-refractivity contribution in [2.75, 3.05) is 40.3 Å². The van der Waals surface area contributed by atoms with Gasteiger partial charge in [0.15, 0.2) is 0 Å². The molecule has 0 N–H and O–H groups in total. The van der Waals surface area contributed by atoms with E-state index in [2.05, 4.69) is 61.9 Å². The molecule has 1 unspecified atom stereocenters. The van der Waals surface area contributed by atoms with Gasteiger partial charge in [0.25, 0.3) is 0 Å². The summed E-state index contributed by atoms with van der Waals surface area (Å²) in [7, 11) is 3.84. The lowest BCUT2D eigenvalue weighted by Gasteiger charge is -2.36. The maximum Gasteiger partial charge on any atom is 0.118 e. The van der Waals surface area contributed by atoms with E-state index in [4.69, 9.17) is 9.73 Å². The minimum absolute atomic E-state index is 0.0821. The zero-order valence-electron chi connectivity index (χ0n) is 20.4. The van der Waals surface area contributed by atoms with E-state index in [1.807, 2.05) is 6.92 Å². The highest BCUT2D eigenvalue weighted by Gasteiger charge is 2.23. The number of methoxy groups -OCH3 is 1. The largest absolute Gasteiger partial charge is 0.497 e. The van der Waals surface area contributed by atoms with Crippen molar-refractivity contribution in [2.45, 2.75) is 65.3 Å². The molecule has 0 radical (unpaired) electrons. The first-order valence-electron chi connectivity index (χ1n) is 11.8. The van der Waals surface area contributed by atoms with Crippen molar-refractivity contribution in [2.24, 2.45) is 10.9 Å². The molecule has 0 amide bonds. The lowest BCUT2D eigenvalue weighted by Crippen LogP contribution is -2.45. The van der Waals surface area contributed by atoms with Gasteiger partial charge >= 0.3 is 0 Å². The molecule has 0 saturated carbocycles. The van der Waals surface area contributed by atoms with Crippen LogP contribution in [-0.4, -0.2) is 62.0 Å². The van der Waals surface area contributed by atoms with Crippen LogP contribution in [0.15, 0.2) is 41.2 Å². The number of amidine groups is 1. The molecule has 5 heteroatoms. The van der Waals surface area contributed by atoms with Gasteiger partial charge in [-0.15, -0.1) is 0 Å². The SMILES string of the molecule is CC/C(F)=C\CN=C(CN1CCC(c2ccc(OC)cc2)CC1)N(C)C(C)CC(C)C. The van der Waals surface area contributed by atoms with Gasteiger partial charge in [0.05, 0.1) is 26.0 Å². The van der Waals surface area contributed by atoms with Crippen LogP contribution in [0.3, 0.4) is 0 Å². The predicted octanol–water partition coefficient (Wildman–Crippen LogP) is 5.90. The van der Waals surface area contributed by atoms with Crippen molar-refractivity contribution < 1.29 is 9.13 Å². The van der Waals surface area contributed by atoms with Gasteiger partial charge in [-0.3, -0.25) is 9.89 Å². The fourth-order valence-corrected chi connectivity index (χ4v) is 4.26. The third-order valence-corrected chi connectivity index (χ3v) is 6.34. The summed E-state index contributed by atoms with van der Waals surface area (Å²) in [6.45, 7) is 12.0. The van der Waals surface area contributed by atoms with Crippen molar-refractivity contribution >= 4 is 5.84 Å². The van der Waals surface area contributed by atoms with Crippen LogP contribution in [0.4, 0.5) is 4.39 Å². The van der Waals surface area contributed by atoms with Gasteiger partial charge in [0.2, 0.25) is 0 Å². The van der Waals surface area contributed by atoms with Crippen molar-refractivity contribution in [3.63, 3.8) is 0 Å². The van der Waals surface area contributed by atoms with Crippen LogP contribution in [0.25, 0.3) is 0 Å². The summed E-state index contributed by atoms with van der Waals surface area (Å²) in [5, 5.41) is 0. The Morgan fingerprint density at radius 2 is 1.87 bits per heavy atom. The highest BCUT2D eigenvalue weighted by atomic mass is 19.1. The van der Waals surface area contributed by atoms with E-state index in [1.54, 1.807) is 13.2 Å². The molecule has 0 bridgehead atoms. The van der Waals surface area contributed by atoms with Gasteiger partial charge in [-0.1, -0.05) is 32.9 Å². The maximum absolute atomic E-state index is 13.6. The number of likely N-dealkylation sites (N-methyl/N-ethyl adjacent to an activating group) is 1. The maximum atomic E-state index is 13.6. The van der Waals surface area contributed by atoms with Gasteiger partial charge in [-0.05, 0) is 81.3 Å². The quantitative estimate of drug-likeness (QED) is 0.341. The van der Waals surface area contributed by atoms with E-state index in [0.29, 0.717) is 30.8 Å². The second-order valence-corrected chi connectivity index (χ2v) is 9.17. The van der Waals surface area contributed by atoms with Crippen LogP contribution in [-0.2, 0) is 0 Å². The van der Waals surface area contributed by atoms with Gasteiger partial charge in [0, 0.05) is 13.1 Å². The molecule has 0 spiro atoms. The minimum Gasteiger partial charge on any atom is -0.497 e. The average molecular weight is 432 g/mol. The number of hydrogen-bond acceptors (Lipinski definition) is 3. The summed E-state index contributed by atoms with van der Waals surface area (Å²) in [5.41, 5.74) is 1.40. The number of nitrogens with zero attached hydrogens (tertiary/aromatic N) is 3. The highest BCUT2D eigenvalue weighted by Crippen LogP contribution is 2.29. The molecule has 1 aromatic rings. The van der Waals surface area contributed by atoms with Crippen molar-refractivity contribution in [1.82, 2.24) is 9.80 Å². The summed E-state index contributed by atoms with van der Waals surface area (Å²) < 4.78 is 18.9. The van der Waals surface area contributed by atoms with E-state index >= 15 is 0 Å². The van der Waals surface area contributed by atoms with Crippen molar-refractivity contribution in [3.05, 3.63) is 41.7 Å². The molecule has 1 saturated heterocycles. The summed E-state index contributed by atoms with van der Waals surface area (Å²) in [6.07, 6.45) is 5.46. The van der Waals surface area contributed by atoms with Gasteiger partial charge < -0.3 is 9.64 Å². The lowest BCUT2D eigenvalue weighted by molar-refractivity contribution is 0.226. The Hall–Kier alpha value is -1.88. The summed E-state index contributed by atoms with van der Waals surface area (Å²) in [4.78, 5) is 9.60. The highest BCUT2D eigenvalue weighted by molar-refractivity contribution is 5.84. The van der Waals surface area contributed by atoms with E-state index in [1.165, 1.54) is 5.56 Å². The van der Waals surface area contributed by atoms with Crippen LogP contribution >= 0.6 is 0 Å². The molecule has 1 fully saturated rings. The lowest BCUT2D eigenvalue weighted by atomic mass is 9.89. The molecule has 1 aliphatic heterocycles. The number of hydrogen-bond donors (Lipinski definition) is 0. The monoisotopic (exact) mass is 431 g/mol. The van der Waals surface area contributed by atoms with Gasteiger partial charge in [-0.2, -0.15) is 0 Å². The Labute approximate surface area is 189 Å². The third-order valence-electron chi connectivity index (χ3n) is 6.34. The predicted molar refractivity (Wildman–Crippen MR) is 130 cm³/mol. The molecule has 4 nitrogen and oxygen atoms in total. The molecule has 1 aromatic carbocycles. The Bertz CT molecular complexity index is 706. The number of piperidine rings is 1. The average Bonchev–Trinajstić information content (AvgIpc) is 2.77. The van der Waals surface area contributed by atoms with Crippen LogP contribution in [0.5, 0.6) is 5.75 Å². The second-order valence-electron chi connectivity index (χ2n) is 9.17. The Morgan fingerprint density at radius 3 is 2.42 bits per heavy atom. The zero-order chi connectivity index (χ0) is 22.8. The number of allylic oxidation sites excluding steroid dienone is 1. The Morgan fingerprint density at radius 1 is 1.23 bits per heavy atom. The summed E-state index contributed by atoms with van der Waals surface area (Å²) in [6, 6.07) is 8.92. The number of ether oxygens (including phenoxy) is 1. The summed E-state index contributed by atoms with van der Waals surface area (Å²) in [5.74, 6) is 3.13. The fourth-order valence-electron chi connectivity index (χ4n) is 4.26. The molecule has 174 valence electrons. The van der Waals surface area contributed by atoms with E-state index in [9.17, 15) is 4.39 Å². The first kappa shape index (κ1) is 25.4. The summed E-state index contributed by atoms with van der Waals surface area (Å²) >= 11 is 0. The molecule has 0 aromatic heterocycles. The molecule has 1 aliphatic rings. The van der Waals surface area contributed by atoms with Crippen LogP contribution in [0.1, 0.15) is 64.9 Å². The number of benzene rings is 1. The topological polar surface area (TPSA) is 28.1 Å². The Kier molecular flexibility index (Phi) is 10.5. The van der Waals surface area contributed by atoms with E-state index in [-0.39, 0.29) is 5.83 Å². The van der Waals surface area contributed by atoms with Gasteiger partial charge in [0.1, 0.15) is 11.6 Å².